The number of nitrogens with two attached hydrogens (primary N) is 1. The minimum atomic E-state index is 0.0409. The van der Waals surface area contributed by atoms with E-state index in [0.717, 1.165) is 23.4 Å². The zero-order valence-corrected chi connectivity index (χ0v) is 11.0. The second-order valence-electron chi connectivity index (χ2n) is 6.04. The lowest BCUT2D eigenvalue weighted by Crippen LogP contribution is -2.14. The van der Waals surface area contributed by atoms with E-state index in [1.807, 2.05) is 10.7 Å². The Hall–Kier alpha value is -1.62. The maximum Gasteiger partial charge on any atom is 0.152 e. The Morgan fingerprint density at radius 3 is 2.78 bits per heavy atom. The first-order chi connectivity index (χ1) is 8.45. The zero-order valence-electron chi connectivity index (χ0n) is 11.0. The lowest BCUT2D eigenvalue weighted by Gasteiger charge is -2.13. The number of anilines is 1. The van der Waals surface area contributed by atoms with Gasteiger partial charge in [-0.05, 0) is 12.5 Å². The predicted octanol–water partition coefficient (Wildman–Crippen LogP) is 1.54. The summed E-state index contributed by atoms with van der Waals surface area (Å²) in [5.41, 5.74) is 7.94. The van der Waals surface area contributed by atoms with Crippen LogP contribution in [0.5, 0.6) is 0 Å². The third-order valence-electron chi connectivity index (χ3n) is 3.32. The normalized spacial score (nSPS) is 23.3. The van der Waals surface area contributed by atoms with Crippen molar-refractivity contribution in [2.75, 3.05) is 5.32 Å². The molecule has 5 nitrogen and oxygen atoms in total. The summed E-state index contributed by atoms with van der Waals surface area (Å²) in [5, 5.41) is 7.97. The minimum Gasteiger partial charge on any atom is -0.364 e. The average molecular weight is 245 g/mol. The topological polar surface area (TPSA) is 68.2 Å². The van der Waals surface area contributed by atoms with Gasteiger partial charge >= 0.3 is 0 Å². The minimum absolute atomic E-state index is 0.0409. The van der Waals surface area contributed by atoms with E-state index >= 15 is 0 Å². The predicted molar refractivity (Wildman–Crippen MR) is 71.7 cm³/mol. The molecule has 5 heteroatoms. The lowest BCUT2D eigenvalue weighted by atomic mass is 9.92. The Labute approximate surface area is 106 Å². The highest BCUT2D eigenvalue weighted by Gasteiger charge is 2.34. The second-order valence-corrected chi connectivity index (χ2v) is 6.04. The molecule has 0 aliphatic heterocycles. The molecule has 2 atom stereocenters. The Bertz CT molecular complexity index is 581. The lowest BCUT2D eigenvalue weighted by molar-refractivity contribution is 0.562. The van der Waals surface area contributed by atoms with Crippen LogP contribution in [-0.2, 0) is 5.41 Å². The van der Waals surface area contributed by atoms with Crippen molar-refractivity contribution in [1.82, 2.24) is 14.6 Å². The van der Waals surface area contributed by atoms with Crippen LogP contribution in [-0.4, -0.2) is 26.7 Å². The molecule has 0 saturated heterocycles. The van der Waals surface area contributed by atoms with Gasteiger partial charge in [-0.15, -0.1) is 0 Å². The van der Waals surface area contributed by atoms with Gasteiger partial charge in [-0.2, -0.15) is 5.10 Å². The van der Waals surface area contributed by atoms with Crippen LogP contribution in [0.15, 0.2) is 18.5 Å². The smallest absolute Gasteiger partial charge is 0.152 e. The molecule has 2 unspecified atom stereocenters. The summed E-state index contributed by atoms with van der Waals surface area (Å²) in [7, 11) is 0. The fourth-order valence-corrected chi connectivity index (χ4v) is 1.96. The molecular weight excluding hydrogens is 226 g/mol. The van der Waals surface area contributed by atoms with E-state index in [1.54, 1.807) is 6.20 Å². The van der Waals surface area contributed by atoms with Crippen LogP contribution >= 0.6 is 0 Å². The zero-order chi connectivity index (χ0) is 12.9. The molecule has 2 aromatic heterocycles. The standard InChI is InChI=1S/C13H19N5/c1-13(2,3)11-7-10-12(16-9-6-8(9)14)15-4-5-18(10)17-11/h4-5,7-9H,6,14H2,1-3H3,(H,15,16). The molecule has 0 spiro atoms. The van der Waals surface area contributed by atoms with Crippen LogP contribution in [0.1, 0.15) is 32.9 Å². The Balaban J connectivity index is 2.01. The molecule has 1 saturated carbocycles. The van der Waals surface area contributed by atoms with Gasteiger partial charge in [-0.1, -0.05) is 20.8 Å². The maximum atomic E-state index is 5.82. The van der Waals surface area contributed by atoms with E-state index in [0.29, 0.717) is 6.04 Å². The first-order valence-corrected chi connectivity index (χ1v) is 6.32. The number of hydrogen-bond donors (Lipinski definition) is 2. The second kappa shape index (κ2) is 3.68. The molecule has 0 radical (unpaired) electrons. The quantitative estimate of drug-likeness (QED) is 0.842. The number of nitrogens with one attached hydrogen (secondary N) is 1. The Kier molecular flexibility index (Phi) is 2.35. The monoisotopic (exact) mass is 245 g/mol. The van der Waals surface area contributed by atoms with E-state index in [4.69, 9.17) is 5.73 Å². The van der Waals surface area contributed by atoms with Crippen molar-refractivity contribution in [3.05, 3.63) is 24.2 Å². The Morgan fingerprint density at radius 2 is 2.17 bits per heavy atom. The largest absolute Gasteiger partial charge is 0.364 e. The Morgan fingerprint density at radius 1 is 1.44 bits per heavy atom. The van der Waals surface area contributed by atoms with Crippen LogP contribution in [0.25, 0.3) is 5.52 Å². The van der Waals surface area contributed by atoms with Crippen molar-refractivity contribution in [3.63, 3.8) is 0 Å². The average Bonchev–Trinajstić information content (AvgIpc) is 2.78. The molecule has 1 aliphatic rings. The van der Waals surface area contributed by atoms with Gasteiger partial charge in [0.15, 0.2) is 5.82 Å². The van der Waals surface area contributed by atoms with Crippen molar-refractivity contribution in [2.45, 2.75) is 44.7 Å². The van der Waals surface area contributed by atoms with E-state index in [-0.39, 0.29) is 11.5 Å². The summed E-state index contributed by atoms with van der Waals surface area (Å²) in [6.07, 6.45) is 4.66. The number of fused-ring (bicyclic) bond motifs is 1. The molecule has 18 heavy (non-hydrogen) atoms. The molecule has 3 rings (SSSR count). The van der Waals surface area contributed by atoms with Crippen molar-refractivity contribution < 1.29 is 0 Å². The van der Waals surface area contributed by atoms with Gasteiger partial charge in [0, 0.05) is 29.9 Å². The highest BCUT2D eigenvalue weighted by Crippen LogP contribution is 2.28. The number of aromatic nitrogens is 3. The molecule has 3 N–H and O–H groups in total. The number of rotatable bonds is 2. The SMILES string of the molecule is CC(C)(C)c1cc2c(NC3CC3N)nccn2n1. The molecule has 1 aliphatic carbocycles. The van der Waals surface area contributed by atoms with Crippen LogP contribution < -0.4 is 11.1 Å². The van der Waals surface area contributed by atoms with Gasteiger partial charge in [-0.25, -0.2) is 9.50 Å². The van der Waals surface area contributed by atoms with Crippen molar-refractivity contribution in [2.24, 2.45) is 5.73 Å². The van der Waals surface area contributed by atoms with Gasteiger partial charge in [-0.3, -0.25) is 0 Å². The molecular formula is C13H19N5. The van der Waals surface area contributed by atoms with E-state index in [2.05, 4.69) is 42.2 Å². The summed E-state index contributed by atoms with van der Waals surface area (Å²) < 4.78 is 1.88. The van der Waals surface area contributed by atoms with Crippen LogP contribution in [0.3, 0.4) is 0 Å². The summed E-state index contributed by atoms with van der Waals surface area (Å²) >= 11 is 0. The summed E-state index contributed by atoms with van der Waals surface area (Å²) in [5.74, 6) is 0.874. The number of hydrogen-bond acceptors (Lipinski definition) is 4. The van der Waals surface area contributed by atoms with Crippen molar-refractivity contribution in [3.8, 4) is 0 Å². The highest BCUT2D eigenvalue weighted by molar-refractivity contribution is 5.69. The molecule has 0 amide bonds. The molecule has 1 fully saturated rings. The number of nitrogens with zero attached hydrogens (tertiary/aromatic N) is 3. The molecule has 0 bridgehead atoms. The fourth-order valence-electron chi connectivity index (χ4n) is 1.96. The van der Waals surface area contributed by atoms with Crippen LogP contribution in [0.4, 0.5) is 5.82 Å². The third-order valence-corrected chi connectivity index (χ3v) is 3.32. The fraction of sp³-hybridized carbons (Fsp3) is 0.538. The molecule has 96 valence electrons. The van der Waals surface area contributed by atoms with Gasteiger partial charge < -0.3 is 11.1 Å². The van der Waals surface area contributed by atoms with Crippen LogP contribution in [0.2, 0.25) is 0 Å². The molecule has 0 aromatic carbocycles. The highest BCUT2D eigenvalue weighted by atomic mass is 15.2. The van der Waals surface area contributed by atoms with E-state index < -0.39 is 0 Å². The summed E-state index contributed by atoms with van der Waals surface area (Å²) in [6, 6.07) is 2.72. The third kappa shape index (κ3) is 1.95. The molecule has 2 aromatic rings. The van der Waals surface area contributed by atoms with Crippen molar-refractivity contribution >= 4 is 11.3 Å². The van der Waals surface area contributed by atoms with E-state index in [1.165, 1.54) is 0 Å². The van der Waals surface area contributed by atoms with Crippen molar-refractivity contribution in [1.29, 1.82) is 0 Å². The van der Waals surface area contributed by atoms with Gasteiger partial charge in [0.05, 0.1) is 5.69 Å². The maximum absolute atomic E-state index is 5.82. The van der Waals surface area contributed by atoms with Gasteiger partial charge in [0.2, 0.25) is 0 Å². The van der Waals surface area contributed by atoms with Gasteiger partial charge in [0.25, 0.3) is 0 Å². The van der Waals surface area contributed by atoms with Crippen LogP contribution in [0, 0.1) is 0 Å². The first-order valence-electron chi connectivity index (χ1n) is 6.32. The summed E-state index contributed by atoms with van der Waals surface area (Å²) in [6.45, 7) is 6.48. The van der Waals surface area contributed by atoms with E-state index in [9.17, 15) is 0 Å². The molecule has 2 heterocycles. The summed E-state index contributed by atoms with van der Waals surface area (Å²) in [4.78, 5) is 4.39. The first kappa shape index (κ1) is 11.5. The van der Waals surface area contributed by atoms with Gasteiger partial charge in [0.1, 0.15) is 5.52 Å².